The third kappa shape index (κ3) is 6.88. The number of carbonyl (C=O) groups excluding carboxylic acids is 2. The number of hydrogen-bond donors (Lipinski definition) is 1. The molecule has 0 heterocycles. The summed E-state index contributed by atoms with van der Waals surface area (Å²) in [5.74, 6) is 0.0902. The maximum absolute atomic E-state index is 11.9. The lowest BCUT2D eigenvalue weighted by molar-refractivity contribution is -0.150. The Labute approximate surface area is 182 Å². The second-order valence-electron chi connectivity index (χ2n) is 5.61. The van der Waals surface area contributed by atoms with E-state index in [1.807, 2.05) is 0 Å². The highest BCUT2D eigenvalue weighted by molar-refractivity contribution is 6.43. The van der Waals surface area contributed by atoms with E-state index in [4.69, 9.17) is 53.8 Å². The molecule has 0 aromatic heterocycles. The van der Waals surface area contributed by atoms with Gasteiger partial charge in [0.1, 0.15) is 5.75 Å². The van der Waals surface area contributed by atoms with Crippen LogP contribution in [0.1, 0.15) is 5.56 Å². The van der Waals surface area contributed by atoms with Gasteiger partial charge in [0.15, 0.2) is 24.7 Å². The van der Waals surface area contributed by atoms with Gasteiger partial charge in [-0.1, -0.05) is 40.9 Å². The Morgan fingerprint density at radius 2 is 1.55 bits per heavy atom. The molecule has 0 aliphatic rings. The van der Waals surface area contributed by atoms with E-state index in [-0.39, 0.29) is 27.4 Å². The lowest BCUT2D eigenvalue weighted by atomic mass is 10.2. The van der Waals surface area contributed by atoms with Crippen LogP contribution in [0.15, 0.2) is 30.3 Å². The molecule has 0 aliphatic carbocycles. The van der Waals surface area contributed by atoms with E-state index in [0.717, 1.165) is 5.56 Å². The van der Waals surface area contributed by atoms with E-state index < -0.39 is 25.1 Å². The van der Waals surface area contributed by atoms with Crippen LogP contribution in [0.4, 0.5) is 0 Å². The molecular weight excluding hydrogens is 445 g/mol. The van der Waals surface area contributed by atoms with Crippen LogP contribution in [0.5, 0.6) is 17.2 Å². The van der Waals surface area contributed by atoms with Crippen molar-refractivity contribution in [3.05, 3.63) is 51.0 Å². The Hall–Kier alpha value is -2.35. The number of methoxy groups -OCH3 is 2. The summed E-state index contributed by atoms with van der Waals surface area (Å²) in [4.78, 5) is 23.6. The molecule has 2 rings (SSSR count). The standard InChI is InChI=1S/C19H18Cl3NO6/c1-26-15-4-3-11(5-17(15)27-2)8-23-18(24)9-29-19(25)10-28-16-7-13(21)12(20)6-14(16)22/h3-7H,8-10H2,1-2H3,(H,23,24). The van der Waals surface area contributed by atoms with Gasteiger partial charge >= 0.3 is 5.97 Å². The normalized spacial score (nSPS) is 10.2. The second kappa shape index (κ2) is 11.0. The average Bonchev–Trinajstić information content (AvgIpc) is 2.71. The monoisotopic (exact) mass is 461 g/mol. The van der Waals surface area contributed by atoms with Gasteiger partial charge in [0.2, 0.25) is 0 Å². The molecule has 0 bridgehead atoms. The van der Waals surface area contributed by atoms with Crippen molar-refractivity contribution in [2.24, 2.45) is 0 Å². The summed E-state index contributed by atoms with van der Waals surface area (Å²) >= 11 is 17.6. The van der Waals surface area contributed by atoms with Crippen LogP contribution in [0, 0.1) is 0 Å². The molecule has 0 aliphatic heterocycles. The number of carbonyl (C=O) groups is 2. The number of benzene rings is 2. The minimum Gasteiger partial charge on any atom is -0.493 e. The average molecular weight is 463 g/mol. The maximum atomic E-state index is 11.9. The van der Waals surface area contributed by atoms with E-state index in [9.17, 15) is 9.59 Å². The molecule has 156 valence electrons. The van der Waals surface area contributed by atoms with Gasteiger partial charge in [-0.3, -0.25) is 4.79 Å². The Morgan fingerprint density at radius 3 is 2.24 bits per heavy atom. The van der Waals surface area contributed by atoms with Crippen molar-refractivity contribution in [2.75, 3.05) is 27.4 Å². The van der Waals surface area contributed by atoms with E-state index in [2.05, 4.69) is 5.32 Å². The van der Waals surface area contributed by atoms with Gasteiger partial charge in [-0.05, 0) is 23.8 Å². The molecule has 2 aromatic rings. The number of rotatable bonds is 9. The quantitative estimate of drug-likeness (QED) is 0.449. The van der Waals surface area contributed by atoms with Crippen LogP contribution < -0.4 is 19.5 Å². The molecule has 29 heavy (non-hydrogen) atoms. The number of amides is 1. The van der Waals surface area contributed by atoms with E-state index in [0.29, 0.717) is 11.5 Å². The molecule has 0 unspecified atom stereocenters. The number of hydrogen-bond acceptors (Lipinski definition) is 6. The van der Waals surface area contributed by atoms with Crippen LogP contribution in [0.25, 0.3) is 0 Å². The summed E-state index contributed by atoms with van der Waals surface area (Å²) in [5.41, 5.74) is 0.792. The first-order valence-electron chi connectivity index (χ1n) is 8.24. The van der Waals surface area contributed by atoms with Crippen molar-refractivity contribution < 1.29 is 28.5 Å². The first-order chi connectivity index (χ1) is 13.8. The van der Waals surface area contributed by atoms with Crippen molar-refractivity contribution >= 4 is 46.7 Å². The predicted molar refractivity (Wildman–Crippen MR) is 109 cm³/mol. The first-order valence-corrected chi connectivity index (χ1v) is 9.38. The van der Waals surface area contributed by atoms with Gasteiger partial charge in [-0.25, -0.2) is 4.79 Å². The van der Waals surface area contributed by atoms with Gasteiger partial charge in [0.25, 0.3) is 5.91 Å². The minimum absolute atomic E-state index is 0.177. The Bertz CT molecular complexity index is 890. The zero-order valence-corrected chi connectivity index (χ0v) is 17.9. The molecule has 0 spiro atoms. The first kappa shape index (κ1) is 22.9. The lowest BCUT2D eigenvalue weighted by Gasteiger charge is -2.11. The Morgan fingerprint density at radius 1 is 0.862 bits per heavy atom. The van der Waals surface area contributed by atoms with Crippen molar-refractivity contribution in [1.29, 1.82) is 0 Å². The van der Waals surface area contributed by atoms with E-state index in [1.165, 1.54) is 26.4 Å². The van der Waals surface area contributed by atoms with Gasteiger partial charge in [0, 0.05) is 12.6 Å². The maximum Gasteiger partial charge on any atom is 0.344 e. The molecule has 0 atom stereocenters. The summed E-state index contributed by atoms with van der Waals surface area (Å²) in [7, 11) is 3.06. The molecule has 0 radical (unpaired) electrons. The molecular formula is C19H18Cl3NO6. The molecule has 0 fully saturated rings. The summed E-state index contributed by atoms with van der Waals surface area (Å²) in [5, 5.41) is 3.32. The molecule has 1 amide bonds. The molecule has 7 nitrogen and oxygen atoms in total. The third-order valence-electron chi connectivity index (χ3n) is 3.62. The fourth-order valence-corrected chi connectivity index (χ4v) is 2.77. The van der Waals surface area contributed by atoms with Crippen LogP contribution in [0.2, 0.25) is 15.1 Å². The van der Waals surface area contributed by atoms with Crippen LogP contribution in [-0.4, -0.2) is 39.3 Å². The van der Waals surface area contributed by atoms with Crippen molar-refractivity contribution in [3.8, 4) is 17.2 Å². The number of nitrogens with one attached hydrogen (secondary N) is 1. The minimum atomic E-state index is -0.742. The van der Waals surface area contributed by atoms with Crippen molar-refractivity contribution in [3.63, 3.8) is 0 Å². The van der Waals surface area contributed by atoms with Crippen LogP contribution >= 0.6 is 34.8 Å². The highest BCUT2D eigenvalue weighted by Gasteiger charge is 2.12. The smallest absolute Gasteiger partial charge is 0.344 e. The molecule has 2 aromatic carbocycles. The van der Waals surface area contributed by atoms with Gasteiger partial charge in [-0.2, -0.15) is 0 Å². The van der Waals surface area contributed by atoms with Gasteiger partial charge in [0.05, 0.1) is 29.3 Å². The SMILES string of the molecule is COc1ccc(CNC(=O)COC(=O)COc2cc(Cl)c(Cl)cc2Cl)cc1OC. The van der Waals surface area contributed by atoms with Crippen LogP contribution in [0.3, 0.4) is 0 Å². The summed E-state index contributed by atoms with van der Waals surface area (Å²) < 4.78 is 20.5. The Kier molecular flexibility index (Phi) is 8.70. The largest absolute Gasteiger partial charge is 0.493 e. The number of ether oxygens (including phenoxy) is 4. The fraction of sp³-hybridized carbons (Fsp3) is 0.263. The predicted octanol–water partition coefficient (Wildman–Crippen LogP) is 3.90. The summed E-state index contributed by atoms with van der Waals surface area (Å²) in [6.07, 6.45) is 0. The van der Waals surface area contributed by atoms with E-state index >= 15 is 0 Å². The highest BCUT2D eigenvalue weighted by atomic mass is 35.5. The van der Waals surface area contributed by atoms with Crippen molar-refractivity contribution in [2.45, 2.75) is 6.54 Å². The van der Waals surface area contributed by atoms with Crippen molar-refractivity contribution in [1.82, 2.24) is 5.32 Å². The molecule has 0 saturated carbocycles. The summed E-state index contributed by atoms with van der Waals surface area (Å²) in [6, 6.07) is 8.03. The van der Waals surface area contributed by atoms with Gasteiger partial charge in [-0.15, -0.1) is 0 Å². The second-order valence-corrected chi connectivity index (χ2v) is 6.83. The topological polar surface area (TPSA) is 83.1 Å². The fourth-order valence-electron chi connectivity index (χ4n) is 2.18. The summed E-state index contributed by atoms with van der Waals surface area (Å²) in [6.45, 7) is -0.669. The van der Waals surface area contributed by atoms with Crippen LogP contribution in [-0.2, 0) is 20.9 Å². The highest BCUT2D eigenvalue weighted by Crippen LogP contribution is 2.33. The zero-order chi connectivity index (χ0) is 21.4. The van der Waals surface area contributed by atoms with Gasteiger partial charge < -0.3 is 24.3 Å². The molecule has 0 saturated heterocycles. The molecule has 1 N–H and O–H groups in total. The van der Waals surface area contributed by atoms with E-state index in [1.54, 1.807) is 18.2 Å². The number of halogens is 3. The lowest BCUT2D eigenvalue weighted by Crippen LogP contribution is -2.29. The third-order valence-corrected chi connectivity index (χ3v) is 4.64. The Balaban J connectivity index is 1.76. The zero-order valence-electron chi connectivity index (χ0n) is 15.6. The number of esters is 1. The molecule has 10 heteroatoms.